The minimum absolute atomic E-state index is 0. The van der Waals surface area contributed by atoms with Gasteiger partial charge in [0.15, 0.2) is 5.78 Å². The summed E-state index contributed by atoms with van der Waals surface area (Å²) in [4.78, 5) is 20.1. The van der Waals surface area contributed by atoms with Gasteiger partial charge in [0.05, 0.1) is 5.57 Å². The van der Waals surface area contributed by atoms with Gasteiger partial charge in [0.1, 0.15) is 5.82 Å². The summed E-state index contributed by atoms with van der Waals surface area (Å²) in [5.41, 5.74) is 1.68. The van der Waals surface area contributed by atoms with E-state index in [0.717, 1.165) is 4.47 Å². The Hall–Kier alpha value is -1.59. The van der Waals surface area contributed by atoms with Gasteiger partial charge >= 0.3 is 0 Å². The number of hydrogen-bond acceptors (Lipinski definition) is 2. The van der Waals surface area contributed by atoms with Gasteiger partial charge in [-0.05, 0) is 48.0 Å². The van der Waals surface area contributed by atoms with Gasteiger partial charge in [-0.15, -0.1) is 12.4 Å². The number of aromatic amines is 1. The first-order valence-electron chi connectivity index (χ1n) is 7.01. The summed E-state index contributed by atoms with van der Waals surface area (Å²) in [5.74, 6) is 0.331. The van der Waals surface area contributed by atoms with Crippen LogP contribution >= 0.6 is 51.5 Å². The Labute approximate surface area is 169 Å². The number of halogens is 4. The van der Waals surface area contributed by atoms with Crippen molar-refractivity contribution in [1.82, 2.24) is 9.97 Å². The van der Waals surface area contributed by atoms with Crippen LogP contribution in [0.5, 0.6) is 0 Å². The van der Waals surface area contributed by atoms with Crippen molar-refractivity contribution in [3.8, 4) is 0 Å². The molecule has 0 saturated heterocycles. The van der Waals surface area contributed by atoms with Crippen LogP contribution in [0, 0.1) is 0 Å². The van der Waals surface area contributed by atoms with E-state index in [1.165, 1.54) is 0 Å². The van der Waals surface area contributed by atoms with Crippen LogP contribution in [0.3, 0.4) is 0 Å². The fourth-order valence-corrected chi connectivity index (χ4v) is 2.91. The van der Waals surface area contributed by atoms with Gasteiger partial charge in [0.2, 0.25) is 0 Å². The van der Waals surface area contributed by atoms with Crippen LogP contribution in [-0.4, -0.2) is 15.8 Å². The van der Waals surface area contributed by atoms with E-state index in [1.807, 2.05) is 12.1 Å². The predicted octanol–water partition coefficient (Wildman–Crippen LogP) is 6.32. The molecule has 0 aliphatic carbocycles. The third-order valence-electron chi connectivity index (χ3n) is 3.37. The lowest BCUT2D eigenvalue weighted by atomic mass is 10.0. The van der Waals surface area contributed by atoms with E-state index in [0.29, 0.717) is 32.6 Å². The number of carbonyl (C=O) groups is 1. The van der Waals surface area contributed by atoms with Gasteiger partial charge in [-0.25, -0.2) is 4.98 Å². The van der Waals surface area contributed by atoms with Crippen molar-refractivity contribution in [2.45, 2.75) is 0 Å². The van der Waals surface area contributed by atoms with Crippen LogP contribution in [0.25, 0.3) is 11.6 Å². The molecule has 7 heteroatoms. The van der Waals surface area contributed by atoms with E-state index in [9.17, 15) is 4.79 Å². The molecule has 0 bridgehead atoms. The minimum atomic E-state index is -0.150. The minimum Gasteiger partial charge on any atom is -0.345 e. The molecule has 0 fully saturated rings. The maximum absolute atomic E-state index is 12.9. The number of nitrogens with zero attached hydrogens (tertiary/aromatic N) is 1. The molecule has 3 rings (SSSR count). The Morgan fingerprint density at radius 1 is 1.12 bits per heavy atom. The van der Waals surface area contributed by atoms with E-state index in [-0.39, 0.29) is 18.2 Å². The van der Waals surface area contributed by atoms with Crippen molar-refractivity contribution in [2.75, 3.05) is 0 Å². The number of aromatic nitrogens is 2. The molecule has 1 N–H and O–H groups in total. The fraction of sp³-hybridized carbons (Fsp3) is 0. The van der Waals surface area contributed by atoms with E-state index < -0.39 is 0 Å². The number of benzene rings is 2. The number of Topliss-reactive ketones (excluding diaryl/α,β-unsaturated/α-hetero) is 1. The smallest absolute Gasteiger partial charge is 0.196 e. The predicted molar refractivity (Wildman–Crippen MR) is 109 cm³/mol. The van der Waals surface area contributed by atoms with Gasteiger partial charge in [0, 0.05) is 32.5 Å². The first kappa shape index (κ1) is 19.7. The highest BCUT2D eigenvalue weighted by Crippen LogP contribution is 2.27. The van der Waals surface area contributed by atoms with Crippen molar-refractivity contribution in [2.24, 2.45) is 0 Å². The third kappa shape index (κ3) is 4.73. The van der Waals surface area contributed by atoms with Crippen molar-refractivity contribution in [1.29, 1.82) is 0 Å². The van der Waals surface area contributed by atoms with Crippen LogP contribution in [0.15, 0.2) is 59.3 Å². The van der Waals surface area contributed by atoms with Crippen molar-refractivity contribution < 1.29 is 4.79 Å². The van der Waals surface area contributed by atoms with E-state index in [2.05, 4.69) is 25.9 Å². The number of hydrogen-bond donors (Lipinski definition) is 1. The lowest BCUT2D eigenvalue weighted by molar-refractivity contribution is 0.105. The average molecular weight is 459 g/mol. The maximum Gasteiger partial charge on any atom is 0.196 e. The summed E-state index contributed by atoms with van der Waals surface area (Å²) in [5, 5.41) is 1.01. The molecule has 0 aliphatic heterocycles. The topological polar surface area (TPSA) is 45.8 Å². The molecule has 0 amide bonds. The van der Waals surface area contributed by atoms with Gasteiger partial charge in [-0.3, -0.25) is 4.79 Å². The highest BCUT2D eigenvalue weighted by molar-refractivity contribution is 9.10. The molecule has 0 radical (unpaired) electrons. The normalized spacial score (nSPS) is 11.1. The quantitative estimate of drug-likeness (QED) is 0.367. The second kappa shape index (κ2) is 8.68. The molecule has 0 unspecified atom stereocenters. The highest BCUT2D eigenvalue weighted by Gasteiger charge is 2.17. The number of allylic oxidation sites excluding steroid dienone is 1. The molecule has 1 aromatic heterocycles. The molecule has 3 nitrogen and oxygen atoms in total. The molecule has 25 heavy (non-hydrogen) atoms. The SMILES string of the molecule is Cl.O=C(C(=Cc1ccc(Cl)cc1Cl)c1ncc[nH]1)c1ccc(Br)cc1. The number of nitrogens with one attached hydrogen (secondary N) is 1. The fourth-order valence-electron chi connectivity index (χ4n) is 2.18. The van der Waals surface area contributed by atoms with Gasteiger partial charge in [0.25, 0.3) is 0 Å². The summed E-state index contributed by atoms with van der Waals surface area (Å²) >= 11 is 15.5. The number of carbonyl (C=O) groups excluding carboxylic acids is 1. The monoisotopic (exact) mass is 456 g/mol. The van der Waals surface area contributed by atoms with Crippen LogP contribution in [-0.2, 0) is 0 Å². The van der Waals surface area contributed by atoms with Crippen LogP contribution in [0.4, 0.5) is 0 Å². The molecule has 128 valence electrons. The molecule has 0 saturated carbocycles. The van der Waals surface area contributed by atoms with Crippen molar-refractivity contribution in [3.05, 3.63) is 86.3 Å². The Morgan fingerprint density at radius 2 is 1.84 bits per heavy atom. The summed E-state index contributed by atoms with van der Waals surface area (Å²) in [7, 11) is 0. The van der Waals surface area contributed by atoms with E-state index >= 15 is 0 Å². The lowest BCUT2D eigenvalue weighted by Gasteiger charge is -2.06. The molecule has 0 atom stereocenters. The molecular weight excluding hydrogens is 446 g/mol. The number of ketones is 1. The second-order valence-electron chi connectivity index (χ2n) is 5.00. The molecule has 0 aliphatic rings. The standard InChI is InChI=1S/C18H11BrCl2N2O.ClH/c19-13-4-1-11(2-5-13)17(24)15(18-22-7-8-23-18)9-12-3-6-14(20)10-16(12)21;/h1-10H,(H,22,23);1H. The van der Waals surface area contributed by atoms with Gasteiger partial charge in [-0.1, -0.05) is 45.2 Å². The highest BCUT2D eigenvalue weighted by atomic mass is 79.9. The first-order chi connectivity index (χ1) is 11.5. The van der Waals surface area contributed by atoms with E-state index in [4.69, 9.17) is 23.2 Å². The molecular formula is C18H12BrCl3N2O. The largest absolute Gasteiger partial charge is 0.345 e. The average Bonchev–Trinajstić information content (AvgIpc) is 3.08. The zero-order valence-electron chi connectivity index (χ0n) is 12.7. The van der Waals surface area contributed by atoms with Crippen LogP contribution in [0.2, 0.25) is 10.0 Å². The number of rotatable bonds is 4. The molecule has 3 aromatic rings. The Morgan fingerprint density at radius 3 is 2.44 bits per heavy atom. The van der Waals surface area contributed by atoms with Crippen molar-refractivity contribution in [3.63, 3.8) is 0 Å². The summed E-state index contributed by atoms with van der Waals surface area (Å²) in [6.07, 6.45) is 4.98. The first-order valence-corrected chi connectivity index (χ1v) is 8.56. The maximum atomic E-state index is 12.9. The summed E-state index contributed by atoms with van der Waals surface area (Å²) in [6.45, 7) is 0. The Kier molecular flexibility index (Phi) is 6.85. The number of H-pyrrole nitrogens is 1. The van der Waals surface area contributed by atoms with Crippen LogP contribution < -0.4 is 0 Å². The third-order valence-corrected chi connectivity index (χ3v) is 4.46. The van der Waals surface area contributed by atoms with Gasteiger partial charge in [-0.2, -0.15) is 0 Å². The Bertz CT molecular complexity index is 907. The zero-order valence-corrected chi connectivity index (χ0v) is 16.6. The molecule has 2 aromatic carbocycles. The van der Waals surface area contributed by atoms with E-state index in [1.54, 1.807) is 48.8 Å². The molecule has 0 spiro atoms. The Balaban J connectivity index is 0.00000225. The second-order valence-corrected chi connectivity index (χ2v) is 6.76. The molecule has 1 heterocycles. The summed E-state index contributed by atoms with van der Waals surface area (Å²) < 4.78 is 0.906. The summed E-state index contributed by atoms with van der Waals surface area (Å²) in [6, 6.07) is 12.3. The zero-order chi connectivity index (χ0) is 17.1. The van der Waals surface area contributed by atoms with Gasteiger partial charge < -0.3 is 4.98 Å². The number of imidazole rings is 1. The lowest BCUT2D eigenvalue weighted by Crippen LogP contribution is -2.04. The van der Waals surface area contributed by atoms with Crippen molar-refractivity contribution >= 4 is 69.0 Å². The van der Waals surface area contributed by atoms with Crippen LogP contribution in [0.1, 0.15) is 21.7 Å².